The number of carbonyl (C=O) groups excluding carboxylic acids is 1. The molecular weight excluding hydrogens is 385 g/mol. The van der Waals surface area contributed by atoms with Crippen LogP contribution in [0.25, 0.3) is 11.3 Å². The molecule has 8 heteroatoms. The molecule has 0 saturated carbocycles. The van der Waals surface area contributed by atoms with E-state index >= 15 is 0 Å². The van der Waals surface area contributed by atoms with Crippen LogP contribution in [0.15, 0.2) is 34.9 Å². The largest absolute Gasteiger partial charge is 0.356 e. The van der Waals surface area contributed by atoms with Gasteiger partial charge >= 0.3 is 0 Å². The molecule has 2 aromatic heterocycles. The lowest BCUT2D eigenvalue weighted by atomic mass is 10.0. The third kappa shape index (κ3) is 4.48. The summed E-state index contributed by atoms with van der Waals surface area (Å²) in [6, 6.07) is 8.03. The number of halogens is 1. The van der Waals surface area contributed by atoms with Crippen molar-refractivity contribution in [2.24, 2.45) is 0 Å². The molecule has 0 bridgehead atoms. The van der Waals surface area contributed by atoms with E-state index in [0.29, 0.717) is 50.6 Å². The minimum atomic E-state index is -0.302. The third-order valence-electron chi connectivity index (χ3n) is 5.13. The summed E-state index contributed by atoms with van der Waals surface area (Å²) in [4.78, 5) is 23.2. The summed E-state index contributed by atoms with van der Waals surface area (Å²) < 4.78 is 18.7. The highest BCUT2D eigenvalue weighted by molar-refractivity contribution is 5.77. The number of nitrogens with zero attached hydrogens (tertiary/aromatic N) is 4. The molecule has 30 heavy (non-hydrogen) atoms. The van der Waals surface area contributed by atoms with Crippen molar-refractivity contribution in [2.75, 3.05) is 18.4 Å². The van der Waals surface area contributed by atoms with Crippen LogP contribution in [0.4, 0.5) is 10.3 Å². The monoisotopic (exact) mass is 409 g/mol. The Kier molecular flexibility index (Phi) is 5.74. The maximum Gasteiger partial charge on any atom is 0.223 e. The summed E-state index contributed by atoms with van der Waals surface area (Å²) in [7, 11) is 0. The molecule has 0 radical (unpaired) electrons. The van der Waals surface area contributed by atoms with E-state index in [2.05, 4.69) is 20.4 Å². The van der Waals surface area contributed by atoms with Crippen LogP contribution in [0.2, 0.25) is 0 Å². The molecule has 0 atom stereocenters. The highest BCUT2D eigenvalue weighted by atomic mass is 19.1. The van der Waals surface area contributed by atoms with Crippen molar-refractivity contribution >= 4 is 11.9 Å². The average molecular weight is 409 g/mol. The Morgan fingerprint density at radius 3 is 2.67 bits per heavy atom. The van der Waals surface area contributed by atoms with Crippen LogP contribution >= 0.6 is 0 Å². The number of hydrogen-bond acceptors (Lipinski definition) is 6. The lowest BCUT2D eigenvalue weighted by molar-refractivity contribution is -0.132. The van der Waals surface area contributed by atoms with E-state index in [1.807, 2.05) is 24.8 Å². The molecule has 1 aliphatic heterocycles. The van der Waals surface area contributed by atoms with E-state index < -0.39 is 0 Å². The van der Waals surface area contributed by atoms with Gasteiger partial charge in [-0.15, -0.1) is 0 Å². The van der Waals surface area contributed by atoms with Gasteiger partial charge in [-0.05, 0) is 50.6 Å². The van der Waals surface area contributed by atoms with E-state index in [1.54, 1.807) is 12.1 Å². The first-order chi connectivity index (χ1) is 14.5. The zero-order valence-electron chi connectivity index (χ0n) is 17.1. The first-order valence-electron chi connectivity index (χ1n) is 10.1. The van der Waals surface area contributed by atoms with Crippen LogP contribution in [0.3, 0.4) is 0 Å². The lowest BCUT2D eigenvalue weighted by Crippen LogP contribution is -2.36. The molecular formula is C22H24FN5O2. The van der Waals surface area contributed by atoms with Gasteiger partial charge in [0, 0.05) is 48.4 Å². The van der Waals surface area contributed by atoms with E-state index in [9.17, 15) is 9.18 Å². The normalized spacial score (nSPS) is 13.2. The molecule has 0 aliphatic carbocycles. The molecule has 156 valence electrons. The first-order valence-corrected chi connectivity index (χ1v) is 10.1. The van der Waals surface area contributed by atoms with Gasteiger partial charge in [-0.2, -0.15) is 0 Å². The summed E-state index contributed by atoms with van der Waals surface area (Å²) in [5, 5.41) is 7.32. The van der Waals surface area contributed by atoms with Crippen molar-refractivity contribution < 1.29 is 13.7 Å². The van der Waals surface area contributed by atoms with Gasteiger partial charge in [0.25, 0.3) is 0 Å². The maximum absolute atomic E-state index is 13.2. The quantitative estimate of drug-likeness (QED) is 0.626. The van der Waals surface area contributed by atoms with Crippen molar-refractivity contribution in [3.8, 4) is 11.3 Å². The third-order valence-corrected chi connectivity index (χ3v) is 5.13. The second-order valence-electron chi connectivity index (χ2n) is 7.51. The molecule has 1 aromatic carbocycles. The number of aromatic nitrogens is 3. The predicted molar refractivity (Wildman–Crippen MR) is 110 cm³/mol. The lowest BCUT2D eigenvalue weighted by Gasteiger charge is -2.26. The first kappa shape index (κ1) is 20.0. The molecule has 0 fully saturated rings. The highest BCUT2D eigenvalue weighted by Gasteiger charge is 2.27. The van der Waals surface area contributed by atoms with E-state index in [-0.39, 0.29) is 11.7 Å². The van der Waals surface area contributed by atoms with Crippen LogP contribution in [0, 0.1) is 19.7 Å². The van der Waals surface area contributed by atoms with Gasteiger partial charge in [-0.1, -0.05) is 5.16 Å². The zero-order valence-corrected chi connectivity index (χ0v) is 17.1. The molecule has 1 N–H and O–H groups in total. The second-order valence-corrected chi connectivity index (χ2v) is 7.51. The Balaban J connectivity index is 1.33. The molecule has 3 heterocycles. The second kappa shape index (κ2) is 8.61. The number of rotatable bonds is 6. The predicted octanol–water partition coefficient (Wildman–Crippen LogP) is 3.66. The highest BCUT2D eigenvalue weighted by Crippen LogP contribution is 2.30. The minimum absolute atomic E-state index is 0.0926. The Morgan fingerprint density at radius 1 is 1.20 bits per heavy atom. The number of nitrogens with one attached hydrogen (secondary N) is 1. The summed E-state index contributed by atoms with van der Waals surface area (Å²) in [6.45, 7) is 5.56. The number of anilines is 1. The number of amides is 1. The van der Waals surface area contributed by atoms with Crippen molar-refractivity contribution in [3.63, 3.8) is 0 Å². The number of fused-ring (bicyclic) bond motifs is 1. The van der Waals surface area contributed by atoms with Crippen molar-refractivity contribution in [1.29, 1.82) is 0 Å². The summed E-state index contributed by atoms with van der Waals surface area (Å²) >= 11 is 0. The molecule has 0 spiro atoms. The van der Waals surface area contributed by atoms with Crippen LogP contribution < -0.4 is 5.32 Å². The number of aryl methyl sites for hydroxylation is 2. The fourth-order valence-corrected chi connectivity index (χ4v) is 3.66. The van der Waals surface area contributed by atoms with Gasteiger partial charge in [-0.25, -0.2) is 14.4 Å². The van der Waals surface area contributed by atoms with Crippen LogP contribution in [0.5, 0.6) is 0 Å². The Hall–Kier alpha value is -3.29. The molecule has 3 aromatic rings. The Labute approximate surface area is 174 Å². The van der Waals surface area contributed by atoms with Gasteiger partial charge in [-0.3, -0.25) is 4.79 Å². The van der Waals surface area contributed by atoms with Crippen LogP contribution in [0.1, 0.15) is 35.5 Å². The fraction of sp³-hybridized carbons (Fsp3) is 0.364. The van der Waals surface area contributed by atoms with E-state index in [4.69, 9.17) is 4.52 Å². The van der Waals surface area contributed by atoms with Crippen LogP contribution in [-0.2, 0) is 17.8 Å². The fourth-order valence-electron chi connectivity index (χ4n) is 3.66. The summed E-state index contributed by atoms with van der Waals surface area (Å²) in [5.74, 6) is 0.992. The molecule has 1 amide bonds. The van der Waals surface area contributed by atoms with Crippen LogP contribution in [-0.4, -0.2) is 39.0 Å². The van der Waals surface area contributed by atoms with Crippen molar-refractivity contribution in [3.05, 3.63) is 58.8 Å². The molecule has 0 saturated heterocycles. The number of carbonyl (C=O) groups is 1. The summed E-state index contributed by atoms with van der Waals surface area (Å²) in [6.07, 6.45) is 1.78. The SMILES string of the molecule is Cc1cc(C)nc(NCCCC(=O)N2CCc3noc(-c4ccc(F)cc4)c3C2)n1. The van der Waals surface area contributed by atoms with Gasteiger partial charge < -0.3 is 14.7 Å². The molecule has 0 unspecified atom stereocenters. The van der Waals surface area contributed by atoms with E-state index in [0.717, 1.165) is 28.2 Å². The Bertz CT molecular complexity index is 1030. The number of hydrogen-bond donors (Lipinski definition) is 1. The Morgan fingerprint density at radius 2 is 1.93 bits per heavy atom. The van der Waals surface area contributed by atoms with E-state index in [1.165, 1.54) is 12.1 Å². The zero-order chi connectivity index (χ0) is 21.1. The summed E-state index contributed by atoms with van der Waals surface area (Å²) in [5.41, 5.74) is 4.36. The smallest absolute Gasteiger partial charge is 0.223 e. The topological polar surface area (TPSA) is 84.2 Å². The van der Waals surface area contributed by atoms with Crippen molar-refractivity contribution in [1.82, 2.24) is 20.0 Å². The van der Waals surface area contributed by atoms with Gasteiger partial charge in [0.15, 0.2) is 5.76 Å². The standard InChI is InChI=1S/C22H24FN5O2/c1-14-12-15(2)26-22(25-14)24-10-3-4-20(29)28-11-9-19-18(13-28)21(30-27-19)16-5-7-17(23)8-6-16/h5-8,12H,3-4,9-11,13H2,1-2H3,(H,24,25,26). The van der Waals surface area contributed by atoms with Gasteiger partial charge in [0.2, 0.25) is 11.9 Å². The maximum atomic E-state index is 13.2. The van der Waals surface area contributed by atoms with Gasteiger partial charge in [0.1, 0.15) is 5.82 Å². The molecule has 1 aliphatic rings. The average Bonchev–Trinajstić information content (AvgIpc) is 3.14. The molecule has 7 nitrogen and oxygen atoms in total. The number of benzene rings is 1. The minimum Gasteiger partial charge on any atom is -0.356 e. The van der Waals surface area contributed by atoms with Gasteiger partial charge in [0.05, 0.1) is 12.2 Å². The molecule has 4 rings (SSSR count). The van der Waals surface area contributed by atoms with Crippen molar-refractivity contribution in [2.45, 2.75) is 39.7 Å².